The number of nitrogens with zero attached hydrogens (tertiary/aromatic N) is 3. The number of hydrogen-bond donors (Lipinski definition) is 1. The Morgan fingerprint density at radius 3 is 2.86 bits per heavy atom. The van der Waals surface area contributed by atoms with Gasteiger partial charge in [0.1, 0.15) is 11.6 Å². The van der Waals surface area contributed by atoms with Crippen LogP contribution in [-0.4, -0.2) is 27.3 Å². The topological polar surface area (TPSA) is 69.0 Å². The van der Waals surface area contributed by atoms with E-state index in [0.29, 0.717) is 18.8 Å². The molecule has 4 aromatic rings. The summed E-state index contributed by atoms with van der Waals surface area (Å²) in [5.74, 6) is 1.38. The summed E-state index contributed by atoms with van der Waals surface area (Å²) >= 11 is 1.55. The van der Waals surface area contributed by atoms with Crippen LogP contribution >= 0.6 is 11.3 Å². The minimum absolute atomic E-state index is 0.0318. The van der Waals surface area contributed by atoms with E-state index >= 15 is 0 Å². The molecule has 1 aliphatic heterocycles. The zero-order chi connectivity index (χ0) is 19.8. The van der Waals surface area contributed by atoms with E-state index in [1.807, 2.05) is 54.7 Å². The van der Waals surface area contributed by atoms with Crippen molar-refractivity contribution in [1.82, 2.24) is 14.8 Å². The number of ether oxygens (including phenoxy) is 1. The molecule has 1 atom stereocenters. The molecule has 2 aromatic carbocycles. The van der Waals surface area contributed by atoms with Gasteiger partial charge in [-0.25, -0.2) is 4.98 Å². The molecule has 5 rings (SSSR count). The standard InChI is InChI=1S/C22H20N4O2S/c1-2-11-28-18-9-5-3-7-14(18)15-12-20(27)25-21-16(15)13-23-26(21)22-24-17-8-4-6-10-19(17)29-22/h3-10,13,15H,2,11-12H2,1H3,(H,25,27)/t15-/m0/s1. The fourth-order valence-electron chi connectivity index (χ4n) is 3.70. The summed E-state index contributed by atoms with van der Waals surface area (Å²) in [4.78, 5) is 17.3. The fraction of sp³-hybridized carbons (Fsp3) is 0.227. The molecule has 0 fully saturated rings. The van der Waals surface area contributed by atoms with Crippen molar-refractivity contribution in [2.24, 2.45) is 0 Å². The number of fused-ring (bicyclic) bond motifs is 2. The van der Waals surface area contributed by atoms with E-state index in [1.165, 1.54) is 0 Å². The quantitative estimate of drug-likeness (QED) is 0.521. The van der Waals surface area contributed by atoms with E-state index in [1.54, 1.807) is 16.0 Å². The van der Waals surface area contributed by atoms with Gasteiger partial charge in [0.15, 0.2) is 0 Å². The summed E-state index contributed by atoms with van der Waals surface area (Å²) in [6.07, 6.45) is 3.13. The first-order valence-electron chi connectivity index (χ1n) is 9.70. The smallest absolute Gasteiger partial charge is 0.226 e. The highest BCUT2D eigenvalue weighted by Crippen LogP contribution is 2.42. The van der Waals surface area contributed by atoms with Gasteiger partial charge in [-0.1, -0.05) is 48.6 Å². The van der Waals surface area contributed by atoms with Crippen LogP contribution in [0.4, 0.5) is 5.82 Å². The Bertz CT molecular complexity index is 1160. The minimum Gasteiger partial charge on any atom is -0.493 e. The van der Waals surface area contributed by atoms with Gasteiger partial charge in [-0.05, 0) is 24.6 Å². The van der Waals surface area contributed by atoms with Crippen LogP contribution in [0.5, 0.6) is 5.75 Å². The fourth-order valence-corrected chi connectivity index (χ4v) is 4.64. The first kappa shape index (κ1) is 17.9. The van der Waals surface area contributed by atoms with Crippen molar-refractivity contribution in [1.29, 1.82) is 0 Å². The van der Waals surface area contributed by atoms with Crippen LogP contribution in [0.15, 0.2) is 54.7 Å². The number of thiazole rings is 1. The lowest BCUT2D eigenvalue weighted by Gasteiger charge is -2.25. The van der Waals surface area contributed by atoms with Crippen LogP contribution in [0, 0.1) is 0 Å². The monoisotopic (exact) mass is 404 g/mol. The molecule has 1 aliphatic rings. The van der Waals surface area contributed by atoms with Crippen LogP contribution in [-0.2, 0) is 4.79 Å². The number of nitrogens with one attached hydrogen (secondary N) is 1. The van der Waals surface area contributed by atoms with Crippen LogP contribution in [0.1, 0.15) is 36.8 Å². The van der Waals surface area contributed by atoms with E-state index < -0.39 is 0 Å². The summed E-state index contributed by atoms with van der Waals surface area (Å²) in [6, 6.07) is 15.9. The normalized spacial score (nSPS) is 15.9. The maximum Gasteiger partial charge on any atom is 0.226 e. The number of rotatable bonds is 5. The number of carbonyl (C=O) groups excluding carboxylic acids is 1. The maximum atomic E-state index is 12.6. The molecule has 0 bridgehead atoms. The molecule has 0 saturated heterocycles. The van der Waals surface area contributed by atoms with E-state index in [4.69, 9.17) is 4.74 Å². The molecule has 3 heterocycles. The Kier molecular flexibility index (Phi) is 4.52. The van der Waals surface area contributed by atoms with Crippen molar-refractivity contribution in [3.63, 3.8) is 0 Å². The van der Waals surface area contributed by atoms with E-state index in [0.717, 1.165) is 38.6 Å². The SMILES string of the molecule is CCCOc1ccccc1[C@@H]1CC(=O)Nc2c1cnn2-c1nc2ccccc2s1. The lowest BCUT2D eigenvalue weighted by molar-refractivity contribution is -0.116. The third kappa shape index (κ3) is 3.17. The highest BCUT2D eigenvalue weighted by atomic mass is 32.1. The van der Waals surface area contributed by atoms with Crippen molar-refractivity contribution in [3.05, 3.63) is 65.9 Å². The van der Waals surface area contributed by atoms with Gasteiger partial charge in [-0.3, -0.25) is 4.79 Å². The Morgan fingerprint density at radius 2 is 2.00 bits per heavy atom. The minimum atomic E-state index is -0.102. The summed E-state index contributed by atoms with van der Waals surface area (Å²) in [6.45, 7) is 2.73. The van der Waals surface area contributed by atoms with Gasteiger partial charge in [-0.2, -0.15) is 9.78 Å². The Labute approximate surface area is 172 Å². The highest BCUT2D eigenvalue weighted by Gasteiger charge is 2.32. The average Bonchev–Trinajstić information content (AvgIpc) is 3.35. The first-order valence-corrected chi connectivity index (χ1v) is 10.5. The van der Waals surface area contributed by atoms with E-state index in [9.17, 15) is 4.79 Å². The van der Waals surface area contributed by atoms with E-state index in [-0.39, 0.29) is 11.8 Å². The lowest BCUT2D eigenvalue weighted by atomic mass is 9.87. The zero-order valence-corrected chi connectivity index (χ0v) is 16.8. The first-order chi connectivity index (χ1) is 14.2. The third-order valence-electron chi connectivity index (χ3n) is 5.04. The molecule has 146 valence electrons. The molecule has 0 saturated carbocycles. The van der Waals surface area contributed by atoms with Crippen LogP contribution in [0.25, 0.3) is 15.3 Å². The van der Waals surface area contributed by atoms with Crippen molar-refractivity contribution in [3.8, 4) is 10.9 Å². The van der Waals surface area contributed by atoms with Gasteiger partial charge in [-0.15, -0.1) is 0 Å². The zero-order valence-electron chi connectivity index (χ0n) is 16.0. The maximum absolute atomic E-state index is 12.6. The number of hydrogen-bond acceptors (Lipinski definition) is 5. The van der Waals surface area contributed by atoms with E-state index in [2.05, 4.69) is 22.3 Å². The van der Waals surface area contributed by atoms with Gasteiger partial charge in [0, 0.05) is 23.5 Å². The van der Waals surface area contributed by atoms with Crippen molar-refractivity contribution < 1.29 is 9.53 Å². The van der Waals surface area contributed by atoms with Gasteiger partial charge in [0.05, 0.1) is 23.0 Å². The molecular weight excluding hydrogens is 384 g/mol. The van der Waals surface area contributed by atoms with Crippen LogP contribution < -0.4 is 10.1 Å². The second kappa shape index (κ2) is 7.33. The van der Waals surface area contributed by atoms with Crippen LogP contribution in [0.2, 0.25) is 0 Å². The average molecular weight is 404 g/mol. The van der Waals surface area contributed by atoms with Gasteiger partial charge >= 0.3 is 0 Å². The molecular formula is C22H20N4O2S. The van der Waals surface area contributed by atoms with Crippen molar-refractivity contribution in [2.45, 2.75) is 25.7 Å². The Hall–Kier alpha value is -3.19. The molecule has 0 aliphatic carbocycles. The highest BCUT2D eigenvalue weighted by molar-refractivity contribution is 7.20. The largest absolute Gasteiger partial charge is 0.493 e. The van der Waals surface area contributed by atoms with Gasteiger partial charge in [0.2, 0.25) is 11.0 Å². The molecule has 29 heavy (non-hydrogen) atoms. The molecule has 0 spiro atoms. The number of anilines is 1. The molecule has 7 heteroatoms. The summed E-state index contributed by atoms with van der Waals surface area (Å²) < 4.78 is 8.77. The molecule has 0 radical (unpaired) electrons. The number of aromatic nitrogens is 3. The lowest BCUT2D eigenvalue weighted by Crippen LogP contribution is -2.25. The summed E-state index contributed by atoms with van der Waals surface area (Å²) in [5.41, 5.74) is 2.92. The third-order valence-corrected chi connectivity index (χ3v) is 6.05. The molecule has 1 amide bonds. The number of para-hydroxylation sites is 2. The second-order valence-corrected chi connectivity index (χ2v) is 8.02. The second-order valence-electron chi connectivity index (χ2n) is 7.02. The predicted molar refractivity (Wildman–Crippen MR) is 114 cm³/mol. The van der Waals surface area contributed by atoms with Gasteiger partial charge in [0.25, 0.3) is 0 Å². The molecule has 1 N–H and O–H groups in total. The predicted octanol–water partition coefficient (Wildman–Crippen LogP) is 4.74. The molecule has 0 unspecified atom stereocenters. The summed E-state index contributed by atoms with van der Waals surface area (Å²) in [7, 11) is 0. The van der Waals surface area contributed by atoms with Gasteiger partial charge < -0.3 is 10.1 Å². The van der Waals surface area contributed by atoms with Crippen molar-refractivity contribution >= 4 is 33.3 Å². The number of carbonyl (C=O) groups is 1. The molecule has 2 aromatic heterocycles. The Morgan fingerprint density at radius 1 is 1.17 bits per heavy atom. The number of benzene rings is 2. The Balaban J connectivity index is 1.59. The number of amides is 1. The van der Waals surface area contributed by atoms with Crippen LogP contribution in [0.3, 0.4) is 0 Å². The molecule has 6 nitrogen and oxygen atoms in total. The summed E-state index contributed by atoms with van der Waals surface area (Å²) in [5, 5.41) is 8.32. The van der Waals surface area contributed by atoms with Crippen molar-refractivity contribution in [2.75, 3.05) is 11.9 Å².